The summed E-state index contributed by atoms with van der Waals surface area (Å²) in [5, 5.41) is 7.65. The van der Waals surface area contributed by atoms with Crippen LogP contribution in [0.2, 0.25) is 5.02 Å². The fourth-order valence-electron chi connectivity index (χ4n) is 1.49. The van der Waals surface area contributed by atoms with Gasteiger partial charge in [0.05, 0.1) is 0 Å². The molecule has 98 valence electrons. The minimum atomic E-state index is 0.608. The highest BCUT2D eigenvalue weighted by molar-refractivity contribution is 14.1. The second kappa shape index (κ2) is 7.07. The van der Waals surface area contributed by atoms with Crippen molar-refractivity contribution >= 4 is 57.2 Å². The molecule has 2 nitrogen and oxygen atoms in total. The van der Waals surface area contributed by atoms with Crippen molar-refractivity contribution in [3.63, 3.8) is 0 Å². The average Bonchev–Trinajstić information content (AvgIpc) is 2.41. The fourth-order valence-corrected chi connectivity index (χ4v) is 2.17. The smallest absolute Gasteiger partial charge is 0.171 e. The van der Waals surface area contributed by atoms with E-state index >= 15 is 0 Å². The van der Waals surface area contributed by atoms with Gasteiger partial charge in [-0.3, -0.25) is 0 Å². The second-order valence-corrected chi connectivity index (χ2v) is 6.03. The molecule has 0 saturated carbocycles. The van der Waals surface area contributed by atoms with Crippen molar-refractivity contribution in [1.82, 2.24) is 5.32 Å². The van der Waals surface area contributed by atoms with Gasteiger partial charge in [0, 0.05) is 20.8 Å². The van der Waals surface area contributed by atoms with E-state index in [1.165, 1.54) is 3.57 Å². The largest absolute Gasteiger partial charge is 0.358 e. The first-order valence-corrected chi connectivity index (χ1v) is 7.55. The van der Waals surface area contributed by atoms with Gasteiger partial charge in [0.25, 0.3) is 0 Å². The van der Waals surface area contributed by atoms with Crippen LogP contribution >= 0.6 is 46.4 Å². The van der Waals surface area contributed by atoms with Gasteiger partial charge in [-0.1, -0.05) is 23.7 Å². The van der Waals surface area contributed by atoms with Crippen LogP contribution in [0, 0.1) is 3.57 Å². The summed E-state index contributed by atoms with van der Waals surface area (Å²) in [6.45, 7) is 0.674. The first kappa shape index (κ1) is 14.6. The van der Waals surface area contributed by atoms with E-state index in [0.717, 1.165) is 16.3 Å². The van der Waals surface area contributed by atoms with Crippen LogP contribution in [-0.4, -0.2) is 5.11 Å². The third-order valence-corrected chi connectivity index (χ3v) is 3.69. The second-order valence-electron chi connectivity index (χ2n) is 3.94. The van der Waals surface area contributed by atoms with Crippen LogP contribution in [0.25, 0.3) is 0 Å². The number of thiocarbonyl (C=S) groups is 1. The molecular weight excluding hydrogens is 391 g/mol. The van der Waals surface area contributed by atoms with Gasteiger partial charge in [0.2, 0.25) is 0 Å². The Hall–Kier alpha value is -0.850. The monoisotopic (exact) mass is 402 g/mol. The third kappa shape index (κ3) is 4.97. The lowest BCUT2D eigenvalue weighted by molar-refractivity contribution is 0.926. The molecule has 0 fully saturated rings. The van der Waals surface area contributed by atoms with Crippen LogP contribution in [0.1, 0.15) is 5.56 Å². The number of anilines is 1. The van der Waals surface area contributed by atoms with Crippen LogP contribution in [0.3, 0.4) is 0 Å². The summed E-state index contributed by atoms with van der Waals surface area (Å²) < 4.78 is 1.20. The molecule has 0 aliphatic carbocycles. The Morgan fingerprint density at radius 2 is 1.68 bits per heavy atom. The van der Waals surface area contributed by atoms with Gasteiger partial charge in [0.15, 0.2) is 5.11 Å². The molecule has 2 aromatic rings. The van der Waals surface area contributed by atoms with Gasteiger partial charge in [-0.2, -0.15) is 0 Å². The molecule has 2 rings (SSSR count). The average molecular weight is 403 g/mol. The van der Waals surface area contributed by atoms with Crippen LogP contribution in [0.5, 0.6) is 0 Å². The lowest BCUT2D eigenvalue weighted by Crippen LogP contribution is -2.27. The first-order chi connectivity index (χ1) is 9.13. The number of rotatable bonds is 3. The quantitative estimate of drug-likeness (QED) is 0.587. The molecule has 0 radical (unpaired) electrons. The molecule has 5 heteroatoms. The van der Waals surface area contributed by atoms with Crippen LogP contribution in [0.4, 0.5) is 5.69 Å². The molecule has 0 heterocycles. The van der Waals surface area contributed by atoms with Crippen molar-refractivity contribution in [1.29, 1.82) is 0 Å². The van der Waals surface area contributed by atoms with E-state index in [1.807, 2.05) is 48.5 Å². The van der Waals surface area contributed by atoms with Crippen molar-refractivity contribution in [3.8, 4) is 0 Å². The maximum absolute atomic E-state index is 5.84. The summed E-state index contributed by atoms with van der Waals surface area (Å²) in [7, 11) is 0. The Bertz CT molecular complexity index is 555. The summed E-state index contributed by atoms with van der Waals surface area (Å²) in [5.74, 6) is 0. The maximum Gasteiger partial charge on any atom is 0.171 e. The van der Waals surface area contributed by atoms with Gasteiger partial charge in [0.1, 0.15) is 0 Å². The first-order valence-electron chi connectivity index (χ1n) is 5.68. The zero-order chi connectivity index (χ0) is 13.7. The van der Waals surface area contributed by atoms with Gasteiger partial charge >= 0.3 is 0 Å². The topological polar surface area (TPSA) is 24.1 Å². The lowest BCUT2D eigenvalue weighted by Gasteiger charge is -2.10. The zero-order valence-corrected chi connectivity index (χ0v) is 13.7. The Kier molecular flexibility index (Phi) is 5.42. The number of benzene rings is 2. The highest BCUT2D eigenvalue weighted by Crippen LogP contribution is 2.11. The van der Waals surface area contributed by atoms with E-state index in [-0.39, 0.29) is 0 Å². The Morgan fingerprint density at radius 1 is 1.05 bits per heavy atom. The predicted molar refractivity (Wildman–Crippen MR) is 93.7 cm³/mol. The van der Waals surface area contributed by atoms with E-state index in [9.17, 15) is 0 Å². The number of halogens is 2. The highest BCUT2D eigenvalue weighted by Gasteiger charge is 1.98. The van der Waals surface area contributed by atoms with Crippen molar-refractivity contribution < 1.29 is 0 Å². The van der Waals surface area contributed by atoms with Crippen LogP contribution < -0.4 is 10.6 Å². The molecule has 0 saturated heterocycles. The molecule has 0 atom stereocenters. The van der Waals surface area contributed by atoms with Crippen molar-refractivity contribution in [3.05, 3.63) is 62.7 Å². The number of hydrogen-bond acceptors (Lipinski definition) is 1. The van der Waals surface area contributed by atoms with E-state index < -0.39 is 0 Å². The number of hydrogen-bond donors (Lipinski definition) is 2. The molecule has 0 aromatic heterocycles. The SMILES string of the molecule is S=C(NCc1ccc(Cl)cc1)Nc1ccc(I)cc1. The molecule has 0 spiro atoms. The molecule has 0 bridgehead atoms. The minimum Gasteiger partial charge on any atom is -0.358 e. The summed E-state index contributed by atoms with van der Waals surface area (Å²) in [6.07, 6.45) is 0. The molecule has 19 heavy (non-hydrogen) atoms. The highest BCUT2D eigenvalue weighted by atomic mass is 127. The maximum atomic E-state index is 5.84. The normalized spacial score (nSPS) is 10.0. The zero-order valence-electron chi connectivity index (χ0n) is 9.99. The van der Waals surface area contributed by atoms with Crippen molar-refractivity contribution in [2.45, 2.75) is 6.54 Å². The molecule has 0 aliphatic heterocycles. The summed E-state index contributed by atoms with van der Waals surface area (Å²) in [5.41, 5.74) is 2.12. The van der Waals surface area contributed by atoms with Crippen molar-refractivity contribution in [2.24, 2.45) is 0 Å². The third-order valence-electron chi connectivity index (χ3n) is 2.47. The standard InChI is InChI=1S/C14H12ClIN2S/c15-11-3-1-10(2-4-11)9-17-14(19)18-13-7-5-12(16)6-8-13/h1-8H,9H2,(H2,17,18,19). The Balaban J connectivity index is 1.84. The van der Waals surface area contributed by atoms with Crippen LogP contribution in [0.15, 0.2) is 48.5 Å². The Morgan fingerprint density at radius 3 is 2.32 bits per heavy atom. The van der Waals surface area contributed by atoms with Gasteiger partial charge in [-0.15, -0.1) is 0 Å². The Labute approximate surface area is 136 Å². The summed E-state index contributed by atoms with van der Waals surface area (Å²) in [4.78, 5) is 0. The fraction of sp³-hybridized carbons (Fsp3) is 0.0714. The summed E-state index contributed by atoms with van der Waals surface area (Å²) in [6, 6.07) is 15.7. The molecule has 2 aromatic carbocycles. The lowest BCUT2D eigenvalue weighted by atomic mass is 10.2. The number of nitrogens with one attached hydrogen (secondary N) is 2. The van der Waals surface area contributed by atoms with Gasteiger partial charge in [-0.05, 0) is 76.8 Å². The molecule has 0 amide bonds. The predicted octanol–water partition coefficient (Wildman–Crippen LogP) is 4.43. The van der Waals surface area contributed by atoms with E-state index in [1.54, 1.807) is 0 Å². The molecule has 2 N–H and O–H groups in total. The van der Waals surface area contributed by atoms with Gasteiger partial charge in [-0.25, -0.2) is 0 Å². The van der Waals surface area contributed by atoms with Crippen LogP contribution in [-0.2, 0) is 6.54 Å². The van der Waals surface area contributed by atoms with Crippen molar-refractivity contribution in [2.75, 3.05) is 5.32 Å². The summed E-state index contributed by atoms with van der Waals surface area (Å²) >= 11 is 13.3. The van der Waals surface area contributed by atoms with E-state index in [2.05, 4.69) is 33.2 Å². The van der Waals surface area contributed by atoms with E-state index in [0.29, 0.717) is 11.7 Å². The van der Waals surface area contributed by atoms with E-state index in [4.69, 9.17) is 23.8 Å². The molecular formula is C14H12ClIN2S. The molecule has 0 unspecified atom stereocenters. The minimum absolute atomic E-state index is 0.608. The molecule has 0 aliphatic rings. The van der Waals surface area contributed by atoms with Gasteiger partial charge < -0.3 is 10.6 Å².